The summed E-state index contributed by atoms with van der Waals surface area (Å²) < 4.78 is 5.16. The first kappa shape index (κ1) is 30.1. The Labute approximate surface area is 252 Å². The highest BCUT2D eigenvalue weighted by atomic mass is 16.5. The molecular weight excluding hydrogens is 544 g/mol. The molecule has 2 atom stereocenters. The van der Waals surface area contributed by atoms with E-state index < -0.39 is 0 Å². The van der Waals surface area contributed by atoms with E-state index in [1.807, 2.05) is 42.3 Å². The highest BCUT2D eigenvalue weighted by Crippen LogP contribution is 2.40. The van der Waals surface area contributed by atoms with Crippen molar-refractivity contribution in [1.82, 2.24) is 20.1 Å². The number of ether oxygens (including phenoxy) is 1. The molecule has 2 aromatic rings. The first-order chi connectivity index (χ1) is 20.9. The Morgan fingerprint density at radius 1 is 1.19 bits per heavy atom. The number of nitrogens with one attached hydrogen (secondary N) is 2. The lowest BCUT2D eigenvalue weighted by Gasteiger charge is -2.37. The van der Waals surface area contributed by atoms with E-state index >= 15 is 0 Å². The van der Waals surface area contributed by atoms with Gasteiger partial charge in [-0.15, -0.1) is 0 Å². The van der Waals surface area contributed by atoms with Crippen molar-refractivity contribution in [3.63, 3.8) is 0 Å². The van der Waals surface area contributed by atoms with Crippen molar-refractivity contribution in [1.29, 1.82) is 0 Å². The van der Waals surface area contributed by atoms with Crippen LogP contribution in [-0.4, -0.2) is 78.7 Å². The van der Waals surface area contributed by atoms with Crippen molar-refractivity contribution >= 4 is 35.9 Å². The number of benzene rings is 1. The predicted molar refractivity (Wildman–Crippen MR) is 168 cm³/mol. The average molecular weight is 585 g/mol. The van der Waals surface area contributed by atoms with Crippen molar-refractivity contribution in [3.05, 3.63) is 77.4 Å². The Hall–Kier alpha value is -4.35. The van der Waals surface area contributed by atoms with Gasteiger partial charge < -0.3 is 26.0 Å². The third kappa shape index (κ3) is 7.54. The number of amidine groups is 1. The van der Waals surface area contributed by atoms with E-state index in [9.17, 15) is 9.59 Å². The van der Waals surface area contributed by atoms with Crippen LogP contribution in [0.5, 0.6) is 0 Å². The fourth-order valence-corrected chi connectivity index (χ4v) is 5.57. The van der Waals surface area contributed by atoms with Gasteiger partial charge in [0.25, 0.3) is 5.91 Å². The summed E-state index contributed by atoms with van der Waals surface area (Å²) in [4.78, 5) is 43.0. The summed E-state index contributed by atoms with van der Waals surface area (Å²) in [7, 11) is 1.63. The largest absolute Gasteiger partial charge is 0.383 e. The Morgan fingerprint density at radius 2 is 1.95 bits per heavy atom. The second-order valence-electron chi connectivity index (χ2n) is 11.3. The molecule has 2 aliphatic heterocycles. The minimum absolute atomic E-state index is 0.0441. The number of pyridine rings is 1. The molecule has 1 aromatic heterocycles. The van der Waals surface area contributed by atoms with E-state index in [1.165, 1.54) is 18.4 Å². The summed E-state index contributed by atoms with van der Waals surface area (Å²) in [5.41, 5.74) is 10.0. The first-order valence-corrected chi connectivity index (χ1v) is 14.7. The lowest BCUT2D eigenvalue weighted by atomic mass is 9.97. The van der Waals surface area contributed by atoms with E-state index in [-0.39, 0.29) is 23.8 Å². The maximum Gasteiger partial charge on any atom is 0.256 e. The standard InChI is InChI=1S/C32H40N8O3/c1-21(19-43-3)37-32(42)26-5-4-15-39(18-26)20-40-16-14-36-30(33)29(40)28(34-2)23-8-10-24(11-9-23)31(41)38-27-17-25(12-13-35-27)22-6-7-22/h8-14,16-17,21-22,26H,2,4-7,15,18-20H2,1,3H3,(H2,33,36)(H,37,42)(H,35,38,41)/b29-28-. The number of anilines is 1. The van der Waals surface area contributed by atoms with Crippen molar-refractivity contribution in [2.75, 3.05) is 38.8 Å². The zero-order chi connectivity index (χ0) is 30.3. The zero-order valence-electron chi connectivity index (χ0n) is 24.8. The number of aliphatic imine (C=N–C) groups is 2. The molecule has 3 heterocycles. The zero-order valence-corrected chi connectivity index (χ0v) is 24.8. The quantitative estimate of drug-likeness (QED) is 0.344. The smallest absolute Gasteiger partial charge is 0.256 e. The fourth-order valence-electron chi connectivity index (χ4n) is 5.57. The molecule has 2 amide bonds. The van der Waals surface area contributed by atoms with E-state index in [0.29, 0.717) is 54.3 Å². The number of hydrogen-bond acceptors (Lipinski definition) is 9. The van der Waals surface area contributed by atoms with E-state index in [2.05, 4.69) is 37.2 Å². The number of methoxy groups -OCH3 is 1. The van der Waals surface area contributed by atoms with E-state index in [0.717, 1.165) is 24.9 Å². The molecule has 1 aliphatic carbocycles. The third-order valence-electron chi connectivity index (χ3n) is 7.90. The van der Waals surface area contributed by atoms with Gasteiger partial charge in [-0.3, -0.25) is 19.5 Å². The number of piperidine rings is 1. The second-order valence-corrected chi connectivity index (χ2v) is 11.3. The van der Waals surface area contributed by atoms with Crippen LogP contribution in [0.4, 0.5) is 5.82 Å². The van der Waals surface area contributed by atoms with Gasteiger partial charge in [0, 0.05) is 49.4 Å². The summed E-state index contributed by atoms with van der Waals surface area (Å²) in [5, 5.41) is 5.95. The molecule has 0 radical (unpaired) electrons. The van der Waals surface area contributed by atoms with Crippen LogP contribution in [0.3, 0.4) is 0 Å². The minimum Gasteiger partial charge on any atom is -0.383 e. The van der Waals surface area contributed by atoms with Crippen LogP contribution in [0.1, 0.15) is 60.0 Å². The first-order valence-electron chi connectivity index (χ1n) is 14.7. The van der Waals surface area contributed by atoms with E-state index in [1.54, 1.807) is 31.6 Å². The fraction of sp³-hybridized carbons (Fsp3) is 0.406. The van der Waals surface area contributed by atoms with Crippen molar-refractivity contribution < 1.29 is 14.3 Å². The van der Waals surface area contributed by atoms with Gasteiger partial charge in [0.2, 0.25) is 5.91 Å². The van der Waals surface area contributed by atoms with Crippen molar-refractivity contribution in [3.8, 4) is 0 Å². The highest BCUT2D eigenvalue weighted by molar-refractivity contribution is 6.06. The maximum absolute atomic E-state index is 13.0. The van der Waals surface area contributed by atoms with Gasteiger partial charge >= 0.3 is 0 Å². The van der Waals surface area contributed by atoms with Gasteiger partial charge in [0.05, 0.1) is 24.9 Å². The molecule has 1 saturated carbocycles. The number of aromatic nitrogens is 1. The highest BCUT2D eigenvalue weighted by Gasteiger charge is 2.29. The van der Waals surface area contributed by atoms with E-state index in [4.69, 9.17) is 10.5 Å². The molecule has 3 aliphatic rings. The predicted octanol–water partition coefficient (Wildman–Crippen LogP) is 3.55. The van der Waals surface area contributed by atoms with Gasteiger partial charge in [0.1, 0.15) is 17.4 Å². The van der Waals surface area contributed by atoms with Crippen LogP contribution in [0.25, 0.3) is 5.70 Å². The molecule has 11 heteroatoms. The van der Waals surface area contributed by atoms with Crippen LogP contribution in [-0.2, 0) is 9.53 Å². The minimum atomic E-state index is -0.239. The molecule has 0 bridgehead atoms. The van der Waals surface area contributed by atoms with Crippen molar-refractivity contribution in [2.24, 2.45) is 21.6 Å². The number of nitrogens with two attached hydrogens (primary N) is 1. The van der Waals surface area contributed by atoms with Gasteiger partial charge in [-0.2, -0.15) is 0 Å². The Bertz CT molecular complexity index is 1430. The average Bonchev–Trinajstić information content (AvgIpc) is 3.85. The lowest BCUT2D eigenvalue weighted by Crippen LogP contribution is -2.49. The van der Waals surface area contributed by atoms with Crippen LogP contribution in [0.15, 0.2) is 70.7 Å². The number of amides is 2. The Morgan fingerprint density at radius 3 is 2.67 bits per heavy atom. The molecule has 11 nitrogen and oxygen atoms in total. The normalized spacial score (nSPS) is 20.7. The topological polar surface area (TPSA) is 138 Å². The molecule has 43 heavy (non-hydrogen) atoms. The van der Waals surface area contributed by atoms with Gasteiger partial charge in [0.15, 0.2) is 0 Å². The number of rotatable bonds is 11. The lowest BCUT2D eigenvalue weighted by molar-refractivity contribution is -0.127. The number of hydrogen-bond donors (Lipinski definition) is 3. The SMILES string of the molecule is C=N/C(=C1/C(N)=NC=CN1CN1CCCC(C(=O)NC(C)COC)C1)c1ccc(C(=O)Nc2cc(C3CC3)ccn2)cc1. The van der Waals surface area contributed by atoms with Crippen LogP contribution in [0.2, 0.25) is 0 Å². The number of carbonyl (C=O) groups is 2. The summed E-state index contributed by atoms with van der Waals surface area (Å²) in [6, 6.07) is 11.0. The number of nitrogens with zero attached hydrogens (tertiary/aromatic N) is 5. The molecule has 2 fully saturated rings. The molecule has 226 valence electrons. The molecule has 5 rings (SSSR count). The number of carbonyl (C=O) groups excluding carboxylic acids is 2. The summed E-state index contributed by atoms with van der Waals surface area (Å²) in [5.74, 6) is 1.13. The Kier molecular flexibility index (Phi) is 9.63. The number of likely N-dealkylation sites (tertiary alicyclic amines) is 1. The molecule has 1 aromatic carbocycles. The molecular formula is C32H40N8O3. The summed E-state index contributed by atoms with van der Waals surface area (Å²) in [6.07, 6.45) is 9.35. The monoisotopic (exact) mass is 584 g/mol. The molecule has 2 unspecified atom stereocenters. The molecule has 1 saturated heterocycles. The van der Waals surface area contributed by atoms with Crippen molar-refractivity contribution in [2.45, 2.75) is 44.6 Å². The van der Waals surface area contributed by atoms with Crippen LogP contribution in [0, 0.1) is 5.92 Å². The third-order valence-corrected chi connectivity index (χ3v) is 7.90. The van der Waals surface area contributed by atoms with Gasteiger partial charge in [-0.25, -0.2) is 9.98 Å². The van der Waals surface area contributed by atoms with Gasteiger partial charge in [-0.1, -0.05) is 12.1 Å². The maximum atomic E-state index is 13.0. The molecule has 4 N–H and O–H groups in total. The molecule has 0 spiro atoms. The van der Waals surface area contributed by atoms with Crippen LogP contribution < -0.4 is 16.4 Å². The van der Waals surface area contributed by atoms with Crippen LogP contribution >= 0.6 is 0 Å². The van der Waals surface area contributed by atoms with Gasteiger partial charge in [-0.05, 0) is 81.6 Å². The summed E-state index contributed by atoms with van der Waals surface area (Å²) >= 11 is 0. The Balaban J connectivity index is 1.29. The second kappa shape index (κ2) is 13.7. The summed E-state index contributed by atoms with van der Waals surface area (Å²) in [6.45, 7) is 8.21.